The zero-order valence-corrected chi connectivity index (χ0v) is 17.5. The maximum atomic E-state index is 13.1. The van der Waals surface area contributed by atoms with Gasteiger partial charge in [-0.3, -0.25) is 4.79 Å². The summed E-state index contributed by atoms with van der Waals surface area (Å²) in [5, 5.41) is 3.80. The third kappa shape index (κ3) is 3.69. The smallest absolute Gasteiger partial charge is 0.163 e. The van der Waals surface area contributed by atoms with Crippen LogP contribution in [0.3, 0.4) is 0 Å². The number of carbonyl (C=O) groups excluding carboxylic acids is 1. The number of carbonyl (C=O) groups is 1. The summed E-state index contributed by atoms with van der Waals surface area (Å²) < 4.78 is 5.33. The van der Waals surface area contributed by atoms with E-state index >= 15 is 0 Å². The molecule has 4 rings (SSSR count). The Morgan fingerprint density at radius 1 is 1.24 bits per heavy atom. The summed E-state index contributed by atoms with van der Waals surface area (Å²) in [4.78, 5) is 24.1. The summed E-state index contributed by atoms with van der Waals surface area (Å²) in [7, 11) is 1.65. The van der Waals surface area contributed by atoms with Crippen molar-refractivity contribution in [1.29, 1.82) is 0 Å². The zero-order valence-electron chi connectivity index (χ0n) is 16.7. The van der Waals surface area contributed by atoms with Gasteiger partial charge in [0.05, 0.1) is 13.2 Å². The number of hydrogen-bond acceptors (Lipinski definition) is 6. The molecule has 0 radical (unpaired) electrons. The van der Waals surface area contributed by atoms with Gasteiger partial charge in [0.25, 0.3) is 0 Å². The highest BCUT2D eigenvalue weighted by Gasteiger charge is 2.37. The van der Waals surface area contributed by atoms with Crippen LogP contribution in [-0.2, 0) is 4.79 Å². The minimum absolute atomic E-state index is 0.179. The fourth-order valence-electron chi connectivity index (χ4n) is 4.12. The van der Waals surface area contributed by atoms with Crippen molar-refractivity contribution in [3.63, 3.8) is 0 Å². The molecule has 1 aliphatic carbocycles. The van der Waals surface area contributed by atoms with Crippen molar-refractivity contribution in [3.8, 4) is 5.75 Å². The van der Waals surface area contributed by atoms with Crippen molar-refractivity contribution in [2.45, 2.75) is 45.1 Å². The maximum Gasteiger partial charge on any atom is 0.163 e. The van der Waals surface area contributed by atoms with Gasteiger partial charge in [-0.05, 0) is 37.0 Å². The highest BCUT2D eigenvalue weighted by molar-refractivity contribution is 6.32. The first kappa shape index (κ1) is 19.7. The molecule has 0 amide bonds. The number of aromatic nitrogens is 2. The lowest BCUT2D eigenvalue weighted by Crippen LogP contribution is -2.34. The van der Waals surface area contributed by atoms with Crippen molar-refractivity contribution in [2.24, 2.45) is 0 Å². The Bertz CT molecular complexity index is 942. The van der Waals surface area contributed by atoms with Crippen molar-refractivity contribution in [1.82, 2.24) is 9.97 Å². The topological polar surface area (TPSA) is 67.4 Å². The van der Waals surface area contributed by atoms with E-state index in [-0.39, 0.29) is 11.8 Å². The van der Waals surface area contributed by atoms with Crippen LogP contribution in [0, 0.1) is 0 Å². The number of ether oxygens (including phenoxy) is 1. The van der Waals surface area contributed by atoms with Gasteiger partial charge in [-0.15, -0.1) is 0 Å². The van der Waals surface area contributed by atoms with Gasteiger partial charge in [0.15, 0.2) is 16.8 Å². The summed E-state index contributed by atoms with van der Waals surface area (Å²) in [6.07, 6.45) is 5.69. The van der Waals surface area contributed by atoms with Crippen LogP contribution in [0.25, 0.3) is 0 Å². The van der Waals surface area contributed by atoms with Gasteiger partial charge in [0.2, 0.25) is 0 Å². The van der Waals surface area contributed by atoms with Crippen LogP contribution in [0.2, 0.25) is 5.15 Å². The summed E-state index contributed by atoms with van der Waals surface area (Å²) in [5.74, 6) is 1.70. The van der Waals surface area contributed by atoms with Crippen molar-refractivity contribution in [3.05, 3.63) is 52.6 Å². The first-order valence-electron chi connectivity index (χ1n) is 10.1. The number of halogens is 1. The number of rotatable bonds is 5. The van der Waals surface area contributed by atoms with Gasteiger partial charge in [-0.1, -0.05) is 37.1 Å². The van der Waals surface area contributed by atoms with E-state index in [1.165, 1.54) is 6.33 Å². The molecule has 2 heterocycles. The van der Waals surface area contributed by atoms with E-state index in [0.29, 0.717) is 17.3 Å². The highest BCUT2D eigenvalue weighted by Crippen LogP contribution is 2.45. The van der Waals surface area contributed by atoms with Crippen LogP contribution in [-0.4, -0.2) is 29.4 Å². The lowest BCUT2D eigenvalue weighted by Gasteiger charge is -2.34. The van der Waals surface area contributed by atoms with E-state index in [0.717, 1.165) is 60.6 Å². The van der Waals surface area contributed by atoms with E-state index in [2.05, 4.69) is 27.1 Å². The van der Waals surface area contributed by atoms with E-state index in [1.807, 2.05) is 24.3 Å². The highest BCUT2D eigenvalue weighted by atomic mass is 35.5. The second-order valence-electron chi connectivity index (χ2n) is 7.38. The maximum absolute atomic E-state index is 13.1. The fraction of sp³-hybridized carbons (Fsp3) is 0.409. The number of anilines is 2. The molecule has 0 fully saturated rings. The average molecular weight is 413 g/mol. The minimum Gasteiger partial charge on any atom is -0.497 e. The van der Waals surface area contributed by atoms with Gasteiger partial charge >= 0.3 is 0 Å². The number of nitrogens with zero attached hydrogens (tertiary/aromatic N) is 3. The number of allylic oxidation sites excluding steroid dienone is 1. The molecule has 0 bridgehead atoms. The number of benzene rings is 1. The SMILES string of the molecule is CCCCN1c2ncnc(Cl)c2NC2=C(C(=O)CCC2)C1c1ccc(OC)cc1. The molecule has 29 heavy (non-hydrogen) atoms. The van der Waals surface area contributed by atoms with Gasteiger partial charge in [0.1, 0.15) is 17.8 Å². The Balaban J connectivity index is 1.93. The molecule has 1 aliphatic heterocycles. The molecule has 1 aromatic carbocycles. The molecular formula is C22H25ClN4O2. The number of Topliss-reactive ketones (excluding diaryl/α,β-unsaturated/α-hetero) is 1. The predicted molar refractivity (Wildman–Crippen MR) is 115 cm³/mol. The molecular weight excluding hydrogens is 388 g/mol. The standard InChI is InChI=1S/C22H25ClN4O2/c1-3-4-12-27-20(14-8-10-15(29-2)11-9-14)18-16(6-5-7-17(18)28)26-19-21(23)24-13-25-22(19)27/h8-11,13,20,26H,3-7,12H2,1-2H3. The first-order valence-corrected chi connectivity index (χ1v) is 10.5. The van der Waals surface area contributed by atoms with Gasteiger partial charge < -0.3 is 15.0 Å². The number of hydrogen-bond donors (Lipinski definition) is 1. The molecule has 0 saturated carbocycles. The number of nitrogens with one attached hydrogen (secondary N) is 1. The first-order chi connectivity index (χ1) is 14.1. The van der Waals surface area contributed by atoms with Crippen LogP contribution in [0.5, 0.6) is 5.75 Å². The second kappa shape index (κ2) is 8.41. The van der Waals surface area contributed by atoms with Crippen LogP contribution < -0.4 is 15.0 Å². The molecule has 0 spiro atoms. The number of ketones is 1. The molecule has 6 nitrogen and oxygen atoms in total. The van der Waals surface area contributed by atoms with Crippen LogP contribution in [0.4, 0.5) is 11.5 Å². The predicted octanol–water partition coefficient (Wildman–Crippen LogP) is 4.92. The molecule has 1 unspecified atom stereocenters. The summed E-state index contributed by atoms with van der Waals surface area (Å²) >= 11 is 6.45. The normalized spacial score (nSPS) is 18.7. The lowest BCUT2D eigenvalue weighted by molar-refractivity contribution is -0.116. The van der Waals surface area contributed by atoms with Crippen molar-refractivity contribution >= 4 is 28.9 Å². The monoisotopic (exact) mass is 412 g/mol. The molecule has 7 heteroatoms. The Hall–Kier alpha value is -2.60. The molecule has 2 aliphatic rings. The van der Waals surface area contributed by atoms with Crippen LogP contribution in [0.15, 0.2) is 41.9 Å². The largest absolute Gasteiger partial charge is 0.497 e. The second-order valence-corrected chi connectivity index (χ2v) is 7.74. The molecule has 1 N–H and O–H groups in total. The Labute approximate surface area is 175 Å². The van der Waals surface area contributed by atoms with Crippen LogP contribution >= 0.6 is 11.6 Å². The third-order valence-electron chi connectivity index (χ3n) is 5.55. The Kier molecular flexibility index (Phi) is 5.72. The molecule has 1 atom stereocenters. The van der Waals surface area contributed by atoms with E-state index < -0.39 is 0 Å². The number of fused-ring (bicyclic) bond motifs is 1. The molecule has 1 aromatic heterocycles. The van der Waals surface area contributed by atoms with E-state index in [4.69, 9.17) is 16.3 Å². The summed E-state index contributed by atoms with van der Waals surface area (Å²) in [6, 6.07) is 7.71. The lowest BCUT2D eigenvalue weighted by atomic mass is 9.86. The summed E-state index contributed by atoms with van der Waals surface area (Å²) in [6.45, 7) is 2.92. The third-order valence-corrected chi connectivity index (χ3v) is 5.84. The fourth-order valence-corrected chi connectivity index (χ4v) is 4.29. The zero-order chi connectivity index (χ0) is 20.4. The van der Waals surface area contributed by atoms with Crippen LogP contribution in [0.1, 0.15) is 50.6 Å². The minimum atomic E-state index is -0.227. The molecule has 2 aromatic rings. The van der Waals surface area contributed by atoms with E-state index in [1.54, 1.807) is 7.11 Å². The van der Waals surface area contributed by atoms with Crippen molar-refractivity contribution in [2.75, 3.05) is 23.9 Å². The number of methoxy groups -OCH3 is 1. The quantitative estimate of drug-likeness (QED) is 0.703. The van der Waals surface area contributed by atoms with Gasteiger partial charge in [0, 0.05) is 24.2 Å². The average Bonchev–Trinajstić information content (AvgIpc) is 2.88. The summed E-state index contributed by atoms with van der Waals surface area (Å²) in [5.41, 5.74) is 3.46. The van der Waals surface area contributed by atoms with Gasteiger partial charge in [-0.25, -0.2) is 9.97 Å². The van der Waals surface area contributed by atoms with Crippen molar-refractivity contribution < 1.29 is 9.53 Å². The Morgan fingerprint density at radius 2 is 2.03 bits per heavy atom. The molecule has 0 saturated heterocycles. The Morgan fingerprint density at radius 3 is 2.76 bits per heavy atom. The molecule has 152 valence electrons. The van der Waals surface area contributed by atoms with E-state index in [9.17, 15) is 4.79 Å². The van der Waals surface area contributed by atoms with Gasteiger partial charge in [-0.2, -0.15) is 0 Å². The number of unbranched alkanes of at least 4 members (excludes halogenated alkanes) is 1.